The van der Waals surface area contributed by atoms with Gasteiger partial charge in [0.05, 0.1) is 6.26 Å². The molecule has 5 rings (SSSR count). The normalized spacial score (nSPS) is 13.0. The molecular weight excluding hydrogens is 574 g/mol. The summed E-state index contributed by atoms with van der Waals surface area (Å²) in [6.45, 7) is 17.9. The van der Waals surface area contributed by atoms with Crippen LogP contribution < -0.4 is 0 Å². The zero-order valence-corrected chi connectivity index (χ0v) is 27.5. The summed E-state index contributed by atoms with van der Waals surface area (Å²) in [7, 11) is 0. The maximum atomic E-state index is 4.93. The van der Waals surface area contributed by atoms with Gasteiger partial charge in [-0.3, -0.25) is 0 Å². The van der Waals surface area contributed by atoms with Crippen LogP contribution in [0.5, 0.6) is 0 Å². The van der Waals surface area contributed by atoms with Gasteiger partial charge in [0.25, 0.3) is 0 Å². The van der Waals surface area contributed by atoms with Gasteiger partial charge in [-0.1, -0.05) is 94.3 Å². The molecule has 1 aromatic heterocycles. The average molecular weight is 615 g/mol. The fraction of sp³-hybridized carbons (Fsp3) is 0.364. The van der Waals surface area contributed by atoms with Crippen molar-refractivity contribution in [3.63, 3.8) is 0 Å². The van der Waals surface area contributed by atoms with E-state index in [0.29, 0.717) is 0 Å². The molecule has 2 aliphatic rings. The topological polar surface area (TPSA) is 13.1 Å². The number of hydrogen-bond donors (Lipinski definition) is 0. The molecule has 196 valence electrons. The summed E-state index contributed by atoms with van der Waals surface area (Å²) >= 11 is 1.55. The first kappa shape index (κ1) is 33.6. The molecule has 3 aromatic rings. The Morgan fingerprint density at radius 3 is 2.03 bits per heavy atom. The van der Waals surface area contributed by atoms with Crippen molar-refractivity contribution in [1.82, 2.24) is 0 Å². The molecule has 4 heteroatoms. The molecule has 0 N–H and O–H groups in total. The second-order valence-electron chi connectivity index (χ2n) is 11.5. The number of halogens is 2. The van der Waals surface area contributed by atoms with Gasteiger partial charge in [0.15, 0.2) is 0 Å². The molecule has 1 nitrogen and oxygen atoms in total. The number of hydrogen-bond acceptors (Lipinski definition) is 1. The van der Waals surface area contributed by atoms with Crippen LogP contribution in [0.4, 0.5) is 0 Å². The molecule has 2 aliphatic carbocycles. The van der Waals surface area contributed by atoms with E-state index in [-0.39, 0.29) is 35.6 Å². The van der Waals surface area contributed by atoms with Crippen LogP contribution in [0.3, 0.4) is 0 Å². The molecule has 1 heterocycles. The SMILES string of the molecule is CC(C)(C)c1c[c-]c2c(c1)-c1cc(C(C)(C)C)ccc1C2.C[C](C)=[Zr+2].Cl.Cl.[C-]1=C(c2ccoc2)C=CC1. The van der Waals surface area contributed by atoms with Crippen molar-refractivity contribution >= 4 is 33.6 Å². The Morgan fingerprint density at radius 2 is 1.51 bits per heavy atom. The zero-order chi connectivity index (χ0) is 25.8. The number of rotatable bonds is 1. The van der Waals surface area contributed by atoms with Crippen molar-refractivity contribution in [1.29, 1.82) is 0 Å². The van der Waals surface area contributed by atoms with E-state index in [1.54, 1.807) is 36.8 Å². The van der Waals surface area contributed by atoms with Crippen LogP contribution in [-0.4, -0.2) is 3.21 Å². The number of furan rings is 1. The van der Waals surface area contributed by atoms with Gasteiger partial charge in [0.1, 0.15) is 0 Å². The number of allylic oxidation sites excluding steroid dienone is 4. The predicted octanol–water partition coefficient (Wildman–Crippen LogP) is 9.67. The van der Waals surface area contributed by atoms with E-state index in [1.165, 1.54) is 36.6 Å². The van der Waals surface area contributed by atoms with Gasteiger partial charge in [0.2, 0.25) is 0 Å². The fourth-order valence-corrected chi connectivity index (χ4v) is 4.01. The molecule has 0 aliphatic heterocycles. The van der Waals surface area contributed by atoms with Crippen LogP contribution >= 0.6 is 24.8 Å². The van der Waals surface area contributed by atoms with Gasteiger partial charge >= 0.3 is 41.3 Å². The molecule has 0 saturated carbocycles. The van der Waals surface area contributed by atoms with Crippen LogP contribution in [0.25, 0.3) is 16.7 Å². The number of fused-ring (bicyclic) bond motifs is 3. The van der Waals surface area contributed by atoms with Crippen LogP contribution in [0.2, 0.25) is 0 Å². The van der Waals surface area contributed by atoms with E-state index in [9.17, 15) is 0 Å². The minimum Gasteiger partial charge on any atom is -0.486 e. The minimum absolute atomic E-state index is 0. The Kier molecular flexibility index (Phi) is 12.8. The third kappa shape index (κ3) is 9.35. The molecule has 0 radical (unpaired) electrons. The Balaban J connectivity index is 0.000000358. The fourth-order valence-electron chi connectivity index (χ4n) is 4.01. The molecular formula is C33H40Cl2OZr. The van der Waals surface area contributed by atoms with Crippen LogP contribution in [0, 0.1) is 12.1 Å². The summed E-state index contributed by atoms with van der Waals surface area (Å²) in [5.74, 6) is 0. The molecule has 2 aromatic carbocycles. The second-order valence-corrected chi connectivity index (χ2v) is 14.0. The van der Waals surface area contributed by atoms with Gasteiger partial charge in [0, 0.05) is 6.26 Å². The Bertz CT molecular complexity index is 1170. The summed E-state index contributed by atoms with van der Waals surface area (Å²) in [6.07, 6.45) is 12.7. The molecule has 0 amide bonds. The van der Waals surface area contributed by atoms with Gasteiger partial charge < -0.3 is 4.42 Å². The van der Waals surface area contributed by atoms with Gasteiger partial charge in [-0.15, -0.1) is 36.5 Å². The van der Waals surface area contributed by atoms with Gasteiger partial charge in [-0.2, -0.15) is 47.1 Å². The van der Waals surface area contributed by atoms with E-state index >= 15 is 0 Å². The van der Waals surface area contributed by atoms with Crippen molar-refractivity contribution in [3.05, 3.63) is 101 Å². The standard InChI is InChI=1S/C21H25.C9H7O.C3H6.2ClH.Zr/c1-20(2,3)16-9-7-14-11-15-8-10-17(21(4,5)6)13-19(15)18(14)12-16;1-2-4-8(3-1)9-5-6-10-7-9;1-3-2;;;/h7,9-10,12-13H,11H2,1-6H3;1,3,5-7H,2H2;1-2H3;2*1H;/q2*-1;;;;+2. The first-order valence-corrected chi connectivity index (χ1v) is 13.6. The Labute approximate surface area is 252 Å². The van der Waals surface area contributed by atoms with Crippen LogP contribution in [0.15, 0.2) is 65.5 Å². The summed E-state index contributed by atoms with van der Waals surface area (Å²) in [5.41, 5.74) is 11.0. The summed E-state index contributed by atoms with van der Waals surface area (Å²) in [6, 6.07) is 17.0. The third-order valence-electron chi connectivity index (χ3n) is 6.05. The van der Waals surface area contributed by atoms with Crippen molar-refractivity contribution in [3.8, 4) is 11.1 Å². The average Bonchev–Trinajstić information content (AvgIpc) is 3.51. The molecule has 0 fully saturated rings. The van der Waals surface area contributed by atoms with Crippen molar-refractivity contribution < 1.29 is 28.7 Å². The predicted molar refractivity (Wildman–Crippen MR) is 161 cm³/mol. The van der Waals surface area contributed by atoms with Crippen LogP contribution in [-0.2, 0) is 41.5 Å². The van der Waals surface area contributed by atoms with Crippen molar-refractivity contribution in [2.24, 2.45) is 0 Å². The molecule has 0 bridgehead atoms. The second kappa shape index (κ2) is 14.1. The van der Waals surface area contributed by atoms with Crippen LogP contribution in [0.1, 0.15) is 89.6 Å². The first-order valence-electron chi connectivity index (χ1n) is 12.4. The van der Waals surface area contributed by atoms with E-state index in [4.69, 9.17) is 4.42 Å². The van der Waals surface area contributed by atoms with E-state index in [1.807, 2.05) is 6.07 Å². The quantitative estimate of drug-likeness (QED) is 0.195. The Hall–Kier alpha value is -1.47. The first-order chi connectivity index (χ1) is 16.4. The molecule has 37 heavy (non-hydrogen) atoms. The van der Waals surface area contributed by atoms with E-state index in [0.717, 1.165) is 24.0 Å². The molecule has 0 spiro atoms. The van der Waals surface area contributed by atoms with Gasteiger partial charge in [-0.25, -0.2) is 0 Å². The summed E-state index contributed by atoms with van der Waals surface area (Å²) in [4.78, 5) is 0. The maximum absolute atomic E-state index is 4.93. The smallest absolute Gasteiger partial charge is 0.0771 e. The van der Waals surface area contributed by atoms with Crippen molar-refractivity contribution in [2.45, 2.75) is 79.1 Å². The summed E-state index contributed by atoms with van der Waals surface area (Å²) in [5, 5.41) is 0. The monoisotopic (exact) mass is 612 g/mol. The molecule has 0 saturated heterocycles. The Morgan fingerprint density at radius 1 is 0.892 bits per heavy atom. The van der Waals surface area contributed by atoms with Crippen molar-refractivity contribution in [2.75, 3.05) is 0 Å². The van der Waals surface area contributed by atoms with E-state index in [2.05, 4.69) is 110 Å². The maximum Gasteiger partial charge on any atom is 0.0771 e. The molecule has 0 atom stereocenters. The number of benzene rings is 2. The minimum atomic E-state index is 0. The summed E-state index contributed by atoms with van der Waals surface area (Å²) < 4.78 is 6.44. The third-order valence-corrected chi connectivity index (χ3v) is 6.05. The van der Waals surface area contributed by atoms with Gasteiger partial charge in [-0.05, 0) is 17.4 Å². The molecule has 0 unspecified atom stereocenters. The zero-order valence-electron chi connectivity index (χ0n) is 23.4. The largest absolute Gasteiger partial charge is 0.486 e. The van der Waals surface area contributed by atoms with E-state index < -0.39 is 0 Å².